The number of benzene rings is 10. The van der Waals surface area contributed by atoms with Gasteiger partial charge in [-0.2, -0.15) is 0 Å². The summed E-state index contributed by atoms with van der Waals surface area (Å²) in [5, 5.41) is 0. The molecule has 0 radical (unpaired) electrons. The van der Waals surface area contributed by atoms with E-state index in [1.807, 2.05) is 12.1 Å². The van der Waals surface area contributed by atoms with Gasteiger partial charge in [0.15, 0.2) is 0 Å². The quantitative estimate of drug-likeness (QED) is 0.148. The molecule has 0 bridgehead atoms. The highest BCUT2D eigenvalue weighted by Crippen LogP contribution is 2.49. The summed E-state index contributed by atoms with van der Waals surface area (Å²) in [5.74, 6) is 0. The normalized spacial score (nSPS) is 12.8. The number of para-hydroxylation sites is 2. The number of hydrogen-bond donors (Lipinski definition) is 0. The zero-order chi connectivity index (χ0) is 46.0. The van der Waals surface area contributed by atoms with E-state index in [9.17, 15) is 2.74 Å². The molecule has 2 aliphatic rings. The average molecular weight is 845 g/mol. The molecule has 0 aromatic heterocycles. The van der Waals surface area contributed by atoms with Gasteiger partial charge in [-0.25, -0.2) is 0 Å². The highest BCUT2D eigenvalue weighted by atomic mass is 15.2. The first-order chi connectivity index (χ1) is 33.3. The smallest absolute Gasteiger partial charge is 0.252 e. The molecule has 0 amide bonds. The van der Waals surface area contributed by atoms with Crippen LogP contribution >= 0.6 is 0 Å². The zero-order valence-electron chi connectivity index (χ0n) is 39.3. The van der Waals surface area contributed by atoms with Gasteiger partial charge < -0.3 is 9.80 Å². The van der Waals surface area contributed by atoms with Crippen molar-refractivity contribution in [2.45, 2.75) is 20.8 Å². The number of fused-ring (bicyclic) bond motifs is 4. The molecule has 0 atom stereocenters. The van der Waals surface area contributed by atoms with E-state index in [1.165, 1.54) is 22.3 Å². The molecule has 0 unspecified atom stereocenters. The molecule has 10 aromatic carbocycles. The fraction of sp³-hybridized carbons (Fsp3) is 0.0476. The molecule has 0 fully saturated rings. The molecule has 2 aliphatic heterocycles. The van der Waals surface area contributed by atoms with Gasteiger partial charge in [0.25, 0.3) is 6.71 Å². The van der Waals surface area contributed by atoms with Crippen molar-refractivity contribution in [3.63, 3.8) is 0 Å². The minimum absolute atomic E-state index is 0.251. The topological polar surface area (TPSA) is 6.48 Å². The van der Waals surface area contributed by atoms with Gasteiger partial charge in [-0.05, 0) is 165 Å². The summed E-state index contributed by atoms with van der Waals surface area (Å²) < 4.78 is 18.4. The van der Waals surface area contributed by atoms with E-state index < -0.39 is 0 Å². The standard InChI is InChI=1S/C63H47BN2/c1-42-32-43(2)62(44(3)33-42)53-40-60-63-61(41-53)66(55-38-51(47-24-12-6-13-25-47)35-52(39-55)48-26-14-7-15-27-48)59-31-19-17-29-57(59)64(63)56-28-16-18-30-58(56)65(60)54-36-49(45-20-8-4-9-21-45)34-50(37-54)46-22-10-5-11-23-46/h4-41H,1-3H3/i16D,17D. The molecule has 0 N–H and O–H groups in total. The van der Waals surface area contributed by atoms with Crippen molar-refractivity contribution in [3.8, 4) is 55.6 Å². The minimum Gasteiger partial charge on any atom is -0.311 e. The van der Waals surface area contributed by atoms with Gasteiger partial charge in [-0.1, -0.05) is 175 Å². The van der Waals surface area contributed by atoms with Crippen LogP contribution in [0.1, 0.15) is 19.4 Å². The largest absolute Gasteiger partial charge is 0.311 e. The van der Waals surface area contributed by atoms with Crippen LogP contribution < -0.4 is 26.2 Å². The van der Waals surface area contributed by atoms with Crippen LogP contribution in [0.15, 0.2) is 230 Å². The average Bonchev–Trinajstić information content (AvgIpc) is 3.37. The summed E-state index contributed by atoms with van der Waals surface area (Å²) >= 11 is 0. The monoisotopic (exact) mass is 844 g/mol. The number of nitrogens with zero attached hydrogens (tertiary/aromatic N) is 2. The third-order valence-corrected chi connectivity index (χ3v) is 13.5. The summed E-state index contributed by atoms with van der Waals surface area (Å²) in [6.45, 7) is 6.40. The van der Waals surface area contributed by atoms with E-state index in [0.717, 1.165) is 101 Å². The SMILES string of the molecule is [2H]c1ccc2c(c1)B1c3cc([2H])ccc3N(c3cc(-c4ccccc4)cc(-c4ccccc4)c3)c3cc(-c4c(C)cc(C)cc4C)cc(c31)N2c1cc(-c2ccccc2)cc(-c2ccccc2)c1. The highest BCUT2D eigenvalue weighted by Gasteiger charge is 2.43. The van der Waals surface area contributed by atoms with Crippen LogP contribution in [0.4, 0.5) is 34.1 Å². The summed E-state index contributed by atoms with van der Waals surface area (Å²) in [6.07, 6.45) is 0. The van der Waals surface area contributed by atoms with Crippen LogP contribution in [0.2, 0.25) is 0 Å². The Balaban J connectivity index is 1.21. The summed E-state index contributed by atoms with van der Waals surface area (Å²) in [4.78, 5) is 4.91. The lowest BCUT2D eigenvalue weighted by atomic mass is 9.33. The predicted molar refractivity (Wildman–Crippen MR) is 282 cm³/mol. The second-order valence-corrected chi connectivity index (χ2v) is 17.8. The summed E-state index contributed by atoms with van der Waals surface area (Å²) in [6, 6.07) is 79.1. The van der Waals surface area contributed by atoms with Gasteiger partial charge in [-0.3, -0.25) is 0 Å². The maximum absolute atomic E-state index is 9.18. The molecule has 0 spiro atoms. The first kappa shape index (κ1) is 37.3. The van der Waals surface area contributed by atoms with Gasteiger partial charge in [0.1, 0.15) is 0 Å². The number of aryl methyl sites for hydroxylation is 3. The zero-order valence-corrected chi connectivity index (χ0v) is 37.3. The molecule has 3 heteroatoms. The Kier molecular flexibility index (Phi) is 9.11. The number of rotatable bonds is 7. The van der Waals surface area contributed by atoms with Gasteiger partial charge in [-0.15, -0.1) is 0 Å². The highest BCUT2D eigenvalue weighted by molar-refractivity contribution is 7.00. The molecule has 0 saturated carbocycles. The van der Waals surface area contributed by atoms with Gasteiger partial charge in [0.2, 0.25) is 0 Å². The molecule has 0 aliphatic carbocycles. The molecule has 2 nitrogen and oxygen atoms in total. The molecule has 66 heavy (non-hydrogen) atoms. The van der Waals surface area contributed by atoms with Crippen molar-refractivity contribution in [3.05, 3.63) is 247 Å². The Hall–Kier alpha value is -8.14. The van der Waals surface area contributed by atoms with Crippen LogP contribution in [-0.4, -0.2) is 6.71 Å². The van der Waals surface area contributed by atoms with E-state index in [2.05, 4.69) is 237 Å². The number of hydrogen-bond acceptors (Lipinski definition) is 2. The maximum atomic E-state index is 9.18. The minimum atomic E-state index is -0.251. The van der Waals surface area contributed by atoms with Crippen LogP contribution in [-0.2, 0) is 0 Å². The van der Waals surface area contributed by atoms with Crippen LogP contribution in [0.5, 0.6) is 0 Å². The van der Waals surface area contributed by atoms with Crippen molar-refractivity contribution in [2.75, 3.05) is 9.80 Å². The van der Waals surface area contributed by atoms with E-state index in [0.29, 0.717) is 12.1 Å². The van der Waals surface area contributed by atoms with Crippen LogP contribution in [0.25, 0.3) is 55.6 Å². The third kappa shape index (κ3) is 6.75. The van der Waals surface area contributed by atoms with E-state index >= 15 is 0 Å². The fourth-order valence-electron chi connectivity index (χ4n) is 10.8. The molecule has 10 aromatic rings. The van der Waals surface area contributed by atoms with Crippen LogP contribution in [0.3, 0.4) is 0 Å². The van der Waals surface area contributed by atoms with E-state index in [-0.39, 0.29) is 6.71 Å². The lowest BCUT2D eigenvalue weighted by Crippen LogP contribution is -2.61. The van der Waals surface area contributed by atoms with Gasteiger partial charge in [0, 0.05) is 34.1 Å². The van der Waals surface area contributed by atoms with E-state index in [4.69, 9.17) is 0 Å². The van der Waals surface area contributed by atoms with Gasteiger partial charge >= 0.3 is 0 Å². The second-order valence-electron chi connectivity index (χ2n) is 17.8. The summed E-state index contributed by atoms with van der Waals surface area (Å²) in [7, 11) is 0. The summed E-state index contributed by atoms with van der Waals surface area (Å²) in [5.41, 5.74) is 24.6. The Labute approximate surface area is 391 Å². The second kappa shape index (κ2) is 16.1. The molecular formula is C63H47BN2. The van der Waals surface area contributed by atoms with Crippen molar-refractivity contribution < 1.29 is 2.74 Å². The van der Waals surface area contributed by atoms with E-state index in [1.54, 1.807) is 0 Å². The van der Waals surface area contributed by atoms with Crippen LogP contribution in [0, 0.1) is 20.8 Å². The Morgan fingerprint density at radius 1 is 0.333 bits per heavy atom. The predicted octanol–water partition coefficient (Wildman–Crippen LogP) is 15.0. The van der Waals surface area contributed by atoms with Crippen molar-refractivity contribution in [2.24, 2.45) is 0 Å². The molecule has 0 saturated heterocycles. The molecule has 2 heterocycles. The molecule has 312 valence electrons. The lowest BCUT2D eigenvalue weighted by molar-refractivity contribution is 1.25. The Morgan fingerprint density at radius 2 is 0.697 bits per heavy atom. The van der Waals surface area contributed by atoms with Crippen molar-refractivity contribution >= 4 is 57.2 Å². The van der Waals surface area contributed by atoms with Crippen molar-refractivity contribution in [1.82, 2.24) is 0 Å². The Morgan fingerprint density at radius 3 is 1.06 bits per heavy atom. The number of anilines is 6. The maximum Gasteiger partial charge on any atom is 0.252 e. The molecule has 12 rings (SSSR count). The lowest BCUT2D eigenvalue weighted by Gasteiger charge is -2.44. The third-order valence-electron chi connectivity index (χ3n) is 13.5. The van der Waals surface area contributed by atoms with Gasteiger partial charge in [0.05, 0.1) is 2.74 Å². The first-order valence-electron chi connectivity index (χ1n) is 23.8. The van der Waals surface area contributed by atoms with Crippen molar-refractivity contribution in [1.29, 1.82) is 0 Å². The molecular weight excluding hydrogens is 796 g/mol. The Bertz CT molecular complexity index is 3230. The first-order valence-corrected chi connectivity index (χ1v) is 22.8. The fourth-order valence-corrected chi connectivity index (χ4v) is 10.8.